The molecule has 0 bridgehead atoms. The summed E-state index contributed by atoms with van der Waals surface area (Å²) in [6, 6.07) is 14.7. The van der Waals surface area contributed by atoms with Gasteiger partial charge in [-0.05, 0) is 64.6 Å². The van der Waals surface area contributed by atoms with E-state index in [2.05, 4.69) is 15.7 Å². The third-order valence-corrected chi connectivity index (χ3v) is 10.4. The first-order valence-corrected chi connectivity index (χ1v) is 17.5. The third-order valence-electron chi connectivity index (χ3n) is 10.4. The highest BCUT2D eigenvalue weighted by atomic mass is 19.3. The van der Waals surface area contributed by atoms with Gasteiger partial charge in [-0.15, -0.1) is 0 Å². The van der Waals surface area contributed by atoms with Gasteiger partial charge in [0.15, 0.2) is 5.78 Å². The first kappa shape index (κ1) is 37.0. The highest BCUT2D eigenvalue weighted by Gasteiger charge is 2.55. The number of hydrogen-bond acceptors (Lipinski definition) is 5. The lowest BCUT2D eigenvalue weighted by Crippen LogP contribution is -2.33. The van der Waals surface area contributed by atoms with Crippen LogP contribution in [0.4, 0.5) is 35.1 Å². The Labute approximate surface area is 312 Å². The van der Waals surface area contributed by atoms with E-state index in [-0.39, 0.29) is 40.7 Å². The van der Waals surface area contributed by atoms with Crippen molar-refractivity contribution in [2.45, 2.75) is 69.5 Å². The minimum absolute atomic E-state index is 0.0812. The zero-order valence-electron chi connectivity index (χ0n) is 29.0. The molecular weight excluding hydrogens is 750 g/mol. The molecule has 0 fully saturated rings. The van der Waals surface area contributed by atoms with Crippen LogP contribution in [0.25, 0.3) is 22.3 Å². The van der Waals surface area contributed by atoms with E-state index in [0.717, 1.165) is 17.7 Å². The van der Waals surface area contributed by atoms with E-state index in [1.165, 1.54) is 6.20 Å². The van der Waals surface area contributed by atoms with Gasteiger partial charge in [-0.1, -0.05) is 24.3 Å². The molecule has 0 saturated carbocycles. The SMILES string of the molecule is O=C(C[C@@H](Cc1cc(F)cc(F)c1)c1ncc(-c2ccc3c(c2)C(=O)NC3)cc1-c1ccc2c(c1)C(=O)NC2)Cn1nc(C(F)F)c2c1C(F)(F)CCC2(F)F. The number of aromatic nitrogens is 3. The van der Waals surface area contributed by atoms with Crippen LogP contribution in [-0.2, 0) is 42.7 Å². The average Bonchev–Trinajstić information content (AvgIpc) is 3.84. The Morgan fingerprint density at radius 2 is 1.34 bits per heavy atom. The molecule has 0 radical (unpaired) electrons. The molecule has 2 aliphatic heterocycles. The van der Waals surface area contributed by atoms with Gasteiger partial charge in [0, 0.05) is 72.8 Å². The largest absolute Gasteiger partial charge is 0.348 e. The van der Waals surface area contributed by atoms with Crippen LogP contribution in [0, 0.1) is 11.6 Å². The topological polar surface area (TPSA) is 106 Å². The fraction of sp³-hybridized carbons (Fsp3) is 0.275. The second-order valence-electron chi connectivity index (χ2n) is 14.2. The number of benzene rings is 3. The fourth-order valence-corrected chi connectivity index (χ4v) is 7.78. The average molecular weight is 780 g/mol. The number of fused-ring (bicyclic) bond motifs is 3. The van der Waals surface area contributed by atoms with Crippen molar-refractivity contribution < 1.29 is 49.5 Å². The zero-order valence-corrected chi connectivity index (χ0v) is 29.0. The second-order valence-corrected chi connectivity index (χ2v) is 14.2. The molecule has 3 aromatic carbocycles. The van der Waals surface area contributed by atoms with Crippen molar-refractivity contribution in [2.24, 2.45) is 0 Å². The summed E-state index contributed by atoms with van der Waals surface area (Å²) in [6.07, 6.45) is -5.79. The first-order chi connectivity index (χ1) is 26.6. The number of rotatable bonds is 10. The van der Waals surface area contributed by atoms with Crippen LogP contribution in [0.3, 0.4) is 0 Å². The predicted octanol–water partition coefficient (Wildman–Crippen LogP) is 8.28. The van der Waals surface area contributed by atoms with Crippen molar-refractivity contribution in [3.05, 3.63) is 129 Å². The normalized spacial score (nSPS) is 16.9. The van der Waals surface area contributed by atoms with E-state index >= 15 is 8.78 Å². The molecule has 2 N–H and O–H groups in total. The lowest BCUT2D eigenvalue weighted by atomic mass is 9.85. The summed E-state index contributed by atoms with van der Waals surface area (Å²) in [7, 11) is 0. The van der Waals surface area contributed by atoms with Crippen molar-refractivity contribution in [1.82, 2.24) is 25.4 Å². The second kappa shape index (κ2) is 13.7. The molecule has 16 heteroatoms. The summed E-state index contributed by atoms with van der Waals surface area (Å²) in [4.78, 5) is 43.8. The van der Waals surface area contributed by atoms with E-state index < -0.39 is 84.4 Å². The molecule has 2 aromatic heterocycles. The van der Waals surface area contributed by atoms with Crippen LogP contribution in [0.15, 0.2) is 66.9 Å². The van der Waals surface area contributed by atoms with Gasteiger partial charge in [0.2, 0.25) is 0 Å². The Bertz CT molecular complexity index is 2440. The van der Waals surface area contributed by atoms with Gasteiger partial charge in [-0.25, -0.2) is 26.3 Å². The van der Waals surface area contributed by atoms with Crippen LogP contribution in [0.5, 0.6) is 0 Å². The summed E-state index contributed by atoms with van der Waals surface area (Å²) < 4.78 is 117. The summed E-state index contributed by atoms with van der Waals surface area (Å²) in [5.74, 6) is -12.5. The van der Waals surface area contributed by atoms with Gasteiger partial charge in [0.25, 0.3) is 30.1 Å². The molecule has 2 amide bonds. The summed E-state index contributed by atoms with van der Waals surface area (Å²) in [5, 5.41) is 8.88. The third kappa shape index (κ3) is 6.70. The van der Waals surface area contributed by atoms with Crippen molar-refractivity contribution in [2.75, 3.05) is 0 Å². The summed E-state index contributed by atoms with van der Waals surface area (Å²) in [5.41, 5.74) is -0.108. The molecule has 0 saturated heterocycles. The maximum absolute atomic E-state index is 15.2. The van der Waals surface area contributed by atoms with Crippen LogP contribution in [-0.4, -0.2) is 32.4 Å². The minimum Gasteiger partial charge on any atom is -0.348 e. The van der Waals surface area contributed by atoms with E-state index in [0.29, 0.717) is 51.6 Å². The quantitative estimate of drug-likeness (QED) is 0.139. The van der Waals surface area contributed by atoms with Gasteiger partial charge < -0.3 is 10.6 Å². The molecule has 56 heavy (non-hydrogen) atoms. The molecule has 288 valence electrons. The van der Waals surface area contributed by atoms with Gasteiger partial charge in [-0.2, -0.15) is 13.9 Å². The van der Waals surface area contributed by atoms with Crippen molar-refractivity contribution in [3.63, 3.8) is 0 Å². The van der Waals surface area contributed by atoms with Gasteiger partial charge in [0.05, 0.1) is 11.3 Å². The molecule has 3 aliphatic rings. The van der Waals surface area contributed by atoms with Crippen LogP contribution in [0.2, 0.25) is 0 Å². The lowest BCUT2D eigenvalue weighted by molar-refractivity contribution is -0.121. The number of carbonyl (C=O) groups is 3. The van der Waals surface area contributed by atoms with E-state index in [4.69, 9.17) is 4.98 Å². The Hall–Kier alpha value is -5.93. The Kier molecular flexibility index (Phi) is 9.04. The standard InChI is InChI=1S/C40H29F8N5O3/c41-26-8-19(9-27(42)14-26)7-24(10-28(54)18-53-35-32(34(52-53)36(43)44)39(45,46)5-6-40(35,47)48)33-29(21-2-4-23-16-51-38(56)31(23)12-21)13-25(17-49-33)20-1-3-22-15-50-37(55)30(22)11-20/h1-4,8-9,11-14,17,24,36H,5-7,10,15-16,18H2,(H,50,55)(H,51,56)/t24-/m1/s1. The van der Waals surface area contributed by atoms with E-state index in [1.54, 1.807) is 42.5 Å². The molecular formula is C40H29F8N5O3. The Morgan fingerprint density at radius 3 is 1.98 bits per heavy atom. The van der Waals surface area contributed by atoms with E-state index in [1.807, 2.05) is 0 Å². The van der Waals surface area contributed by atoms with E-state index in [9.17, 15) is 40.7 Å². The number of hydrogen-bond donors (Lipinski definition) is 2. The summed E-state index contributed by atoms with van der Waals surface area (Å²) in [6.45, 7) is -0.456. The van der Waals surface area contributed by atoms with Crippen LogP contribution in [0.1, 0.15) is 91.7 Å². The minimum atomic E-state index is -4.05. The number of alkyl halides is 6. The summed E-state index contributed by atoms with van der Waals surface area (Å²) >= 11 is 0. The Morgan fingerprint density at radius 1 is 0.750 bits per heavy atom. The number of Topliss-reactive ketones (excluding diaryl/α,β-unsaturated/α-hetero) is 1. The molecule has 0 unspecified atom stereocenters. The number of ketones is 1. The smallest absolute Gasteiger partial charge is 0.290 e. The highest BCUT2D eigenvalue weighted by molar-refractivity contribution is 6.00. The van der Waals surface area contributed by atoms with Gasteiger partial charge in [-0.3, -0.25) is 24.0 Å². The maximum Gasteiger partial charge on any atom is 0.290 e. The predicted molar refractivity (Wildman–Crippen MR) is 184 cm³/mol. The Balaban J connectivity index is 1.24. The van der Waals surface area contributed by atoms with Crippen molar-refractivity contribution in [3.8, 4) is 22.3 Å². The lowest BCUT2D eigenvalue weighted by Gasteiger charge is -2.29. The number of nitrogens with one attached hydrogen (secondary N) is 2. The molecule has 1 atom stereocenters. The van der Waals surface area contributed by atoms with Crippen LogP contribution < -0.4 is 10.6 Å². The molecule has 1 aliphatic carbocycles. The first-order valence-electron chi connectivity index (χ1n) is 17.5. The zero-order chi connectivity index (χ0) is 39.7. The fourth-order valence-electron chi connectivity index (χ4n) is 7.78. The van der Waals surface area contributed by atoms with Crippen molar-refractivity contribution >= 4 is 17.6 Å². The number of carbonyl (C=O) groups excluding carboxylic acids is 3. The number of pyridine rings is 1. The van der Waals surface area contributed by atoms with Gasteiger partial charge >= 0.3 is 0 Å². The van der Waals surface area contributed by atoms with Crippen LogP contribution >= 0.6 is 0 Å². The number of nitrogens with zero attached hydrogens (tertiary/aromatic N) is 3. The monoisotopic (exact) mass is 779 g/mol. The highest BCUT2D eigenvalue weighted by Crippen LogP contribution is 2.52. The molecule has 0 spiro atoms. The van der Waals surface area contributed by atoms with Gasteiger partial charge in [0.1, 0.15) is 29.6 Å². The maximum atomic E-state index is 15.2. The number of amides is 2. The molecule has 4 heterocycles. The molecule has 8 rings (SSSR count). The molecule has 8 nitrogen and oxygen atoms in total. The molecule has 5 aromatic rings. The van der Waals surface area contributed by atoms with Crippen molar-refractivity contribution in [1.29, 1.82) is 0 Å². The number of halogens is 8.